The van der Waals surface area contributed by atoms with Crippen LogP contribution in [-0.4, -0.2) is 39.6 Å². The van der Waals surface area contributed by atoms with Gasteiger partial charge in [0, 0.05) is 26.6 Å². The molecule has 0 saturated heterocycles. The lowest BCUT2D eigenvalue weighted by molar-refractivity contribution is -0.118. The number of carbonyl (C=O) groups excluding carboxylic acids is 1. The summed E-state index contributed by atoms with van der Waals surface area (Å²) >= 11 is 0. The fraction of sp³-hybridized carbons (Fsp3) is 0.533. The molecule has 0 fully saturated rings. The average Bonchev–Trinajstić information content (AvgIpc) is 2.59. The van der Waals surface area contributed by atoms with Crippen LogP contribution in [0.25, 0.3) is 0 Å². The molecule has 0 saturated carbocycles. The SMILES string of the molecule is CNCCCC(=O)N1CCCN(C)c2ccccc21.Cl.Cl. The Hall–Kier alpha value is -0.970. The lowest BCUT2D eigenvalue weighted by Crippen LogP contribution is -2.31. The number of para-hydroxylation sites is 2. The van der Waals surface area contributed by atoms with E-state index in [2.05, 4.69) is 23.3 Å². The monoisotopic (exact) mass is 333 g/mol. The van der Waals surface area contributed by atoms with Crippen LogP contribution in [-0.2, 0) is 4.79 Å². The largest absolute Gasteiger partial charge is 0.373 e. The second kappa shape index (κ2) is 9.87. The molecule has 1 aromatic carbocycles. The van der Waals surface area contributed by atoms with Gasteiger partial charge in [0.2, 0.25) is 5.91 Å². The Balaban J connectivity index is 0.00000200. The van der Waals surface area contributed by atoms with E-state index in [-0.39, 0.29) is 30.7 Å². The predicted octanol–water partition coefficient (Wildman–Crippen LogP) is 2.70. The van der Waals surface area contributed by atoms with Crippen molar-refractivity contribution >= 4 is 42.1 Å². The molecule has 21 heavy (non-hydrogen) atoms. The first-order chi connectivity index (χ1) is 9.24. The summed E-state index contributed by atoms with van der Waals surface area (Å²) in [6.45, 7) is 2.71. The van der Waals surface area contributed by atoms with Gasteiger partial charge in [0.15, 0.2) is 0 Å². The summed E-state index contributed by atoms with van der Waals surface area (Å²) in [7, 11) is 4.01. The van der Waals surface area contributed by atoms with Crippen LogP contribution in [0.4, 0.5) is 11.4 Å². The van der Waals surface area contributed by atoms with E-state index in [0.717, 1.165) is 43.9 Å². The van der Waals surface area contributed by atoms with E-state index in [4.69, 9.17) is 0 Å². The molecule has 0 unspecified atom stereocenters. The first kappa shape index (κ1) is 20.0. The fourth-order valence-corrected chi connectivity index (χ4v) is 2.53. The minimum atomic E-state index is 0. The van der Waals surface area contributed by atoms with Crippen molar-refractivity contribution in [2.75, 3.05) is 43.5 Å². The molecular formula is C15H25Cl2N3O. The Labute approximate surface area is 139 Å². The molecule has 1 aliphatic rings. The Morgan fingerprint density at radius 2 is 1.86 bits per heavy atom. The van der Waals surface area contributed by atoms with Crippen LogP contribution in [0.5, 0.6) is 0 Å². The van der Waals surface area contributed by atoms with Crippen LogP contribution in [0.15, 0.2) is 24.3 Å². The van der Waals surface area contributed by atoms with Crippen molar-refractivity contribution in [2.45, 2.75) is 19.3 Å². The molecule has 2 rings (SSSR count). The number of carbonyl (C=O) groups is 1. The summed E-state index contributed by atoms with van der Waals surface area (Å²) in [4.78, 5) is 16.6. The normalized spacial score (nSPS) is 13.6. The van der Waals surface area contributed by atoms with Gasteiger partial charge in [0.25, 0.3) is 0 Å². The Morgan fingerprint density at radius 3 is 2.52 bits per heavy atom. The predicted molar refractivity (Wildman–Crippen MR) is 94.3 cm³/mol. The van der Waals surface area contributed by atoms with Crippen molar-refractivity contribution in [1.82, 2.24) is 5.32 Å². The van der Waals surface area contributed by atoms with E-state index in [1.807, 2.05) is 30.1 Å². The molecule has 1 N–H and O–H groups in total. The number of fused-ring (bicyclic) bond motifs is 1. The zero-order valence-electron chi connectivity index (χ0n) is 12.7. The lowest BCUT2D eigenvalue weighted by Gasteiger charge is -2.24. The van der Waals surface area contributed by atoms with Crippen molar-refractivity contribution in [1.29, 1.82) is 0 Å². The summed E-state index contributed by atoms with van der Waals surface area (Å²) in [6.07, 6.45) is 2.52. The first-order valence-corrected chi connectivity index (χ1v) is 6.99. The van der Waals surface area contributed by atoms with E-state index < -0.39 is 0 Å². The summed E-state index contributed by atoms with van der Waals surface area (Å²) in [5, 5.41) is 3.09. The number of nitrogens with zero attached hydrogens (tertiary/aromatic N) is 2. The van der Waals surface area contributed by atoms with E-state index in [1.54, 1.807) is 0 Å². The number of rotatable bonds is 4. The second-order valence-corrected chi connectivity index (χ2v) is 5.02. The van der Waals surface area contributed by atoms with Gasteiger partial charge in [-0.1, -0.05) is 12.1 Å². The minimum Gasteiger partial charge on any atom is -0.373 e. The highest BCUT2D eigenvalue weighted by Crippen LogP contribution is 2.31. The number of amides is 1. The van der Waals surface area contributed by atoms with E-state index in [9.17, 15) is 4.79 Å². The van der Waals surface area contributed by atoms with Crippen molar-refractivity contribution in [3.63, 3.8) is 0 Å². The van der Waals surface area contributed by atoms with Crippen LogP contribution in [0.1, 0.15) is 19.3 Å². The number of anilines is 2. The van der Waals surface area contributed by atoms with Gasteiger partial charge in [-0.15, -0.1) is 24.8 Å². The zero-order valence-corrected chi connectivity index (χ0v) is 14.3. The van der Waals surface area contributed by atoms with E-state index in [0.29, 0.717) is 6.42 Å². The summed E-state index contributed by atoms with van der Waals surface area (Å²) in [6, 6.07) is 8.18. The molecular weight excluding hydrogens is 309 g/mol. The number of nitrogens with one attached hydrogen (secondary N) is 1. The highest BCUT2D eigenvalue weighted by Gasteiger charge is 2.22. The highest BCUT2D eigenvalue weighted by atomic mass is 35.5. The quantitative estimate of drug-likeness (QED) is 0.860. The maximum atomic E-state index is 12.4. The molecule has 1 aromatic rings. The van der Waals surface area contributed by atoms with Gasteiger partial charge in [-0.05, 0) is 38.6 Å². The molecule has 6 heteroatoms. The first-order valence-electron chi connectivity index (χ1n) is 6.99. The third kappa shape index (κ3) is 5.06. The molecule has 0 spiro atoms. The summed E-state index contributed by atoms with van der Waals surface area (Å²) in [5.74, 6) is 0.234. The topological polar surface area (TPSA) is 35.6 Å². The van der Waals surface area contributed by atoms with Crippen molar-refractivity contribution in [2.24, 2.45) is 0 Å². The van der Waals surface area contributed by atoms with Gasteiger partial charge >= 0.3 is 0 Å². The van der Waals surface area contributed by atoms with Gasteiger partial charge in [0.05, 0.1) is 11.4 Å². The van der Waals surface area contributed by atoms with Crippen LogP contribution < -0.4 is 15.1 Å². The molecule has 120 valence electrons. The third-order valence-corrected chi connectivity index (χ3v) is 3.58. The van der Waals surface area contributed by atoms with Crippen LogP contribution in [0.3, 0.4) is 0 Å². The third-order valence-electron chi connectivity index (χ3n) is 3.58. The maximum Gasteiger partial charge on any atom is 0.227 e. The molecule has 4 nitrogen and oxygen atoms in total. The number of hydrogen-bond donors (Lipinski definition) is 1. The molecule has 0 bridgehead atoms. The van der Waals surface area contributed by atoms with Gasteiger partial charge in [-0.2, -0.15) is 0 Å². The Kier molecular flexibility index (Phi) is 9.42. The van der Waals surface area contributed by atoms with Crippen molar-refractivity contribution in [3.8, 4) is 0 Å². The fourth-order valence-electron chi connectivity index (χ4n) is 2.53. The summed E-state index contributed by atoms with van der Waals surface area (Å²) in [5.41, 5.74) is 2.21. The van der Waals surface area contributed by atoms with Gasteiger partial charge in [0.1, 0.15) is 0 Å². The van der Waals surface area contributed by atoms with Gasteiger partial charge < -0.3 is 15.1 Å². The smallest absolute Gasteiger partial charge is 0.227 e. The highest BCUT2D eigenvalue weighted by molar-refractivity contribution is 5.97. The van der Waals surface area contributed by atoms with E-state index in [1.165, 1.54) is 0 Å². The number of benzene rings is 1. The zero-order chi connectivity index (χ0) is 13.7. The second-order valence-electron chi connectivity index (χ2n) is 5.02. The maximum absolute atomic E-state index is 12.4. The molecule has 1 amide bonds. The molecule has 1 heterocycles. The van der Waals surface area contributed by atoms with Gasteiger partial charge in [-0.3, -0.25) is 4.79 Å². The molecule has 0 aromatic heterocycles. The van der Waals surface area contributed by atoms with Crippen LogP contribution >= 0.6 is 24.8 Å². The Morgan fingerprint density at radius 1 is 1.19 bits per heavy atom. The number of hydrogen-bond acceptors (Lipinski definition) is 3. The average molecular weight is 334 g/mol. The van der Waals surface area contributed by atoms with Gasteiger partial charge in [-0.25, -0.2) is 0 Å². The molecule has 0 aliphatic carbocycles. The number of halogens is 2. The standard InChI is InChI=1S/C15H23N3O.2ClH/c1-16-10-5-9-15(19)18-12-6-11-17(2)13-7-3-4-8-14(13)18;;/h3-4,7-8,16H,5-6,9-12H2,1-2H3;2*1H. The molecule has 0 radical (unpaired) electrons. The van der Waals surface area contributed by atoms with Crippen LogP contribution in [0, 0.1) is 0 Å². The van der Waals surface area contributed by atoms with Crippen molar-refractivity contribution in [3.05, 3.63) is 24.3 Å². The Bertz CT molecular complexity index is 443. The van der Waals surface area contributed by atoms with E-state index >= 15 is 0 Å². The summed E-state index contributed by atoms with van der Waals surface area (Å²) < 4.78 is 0. The minimum absolute atomic E-state index is 0. The van der Waals surface area contributed by atoms with Crippen LogP contribution in [0.2, 0.25) is 0 Å². The van der Waals surface area contributed by atoms with Crippen molar-refractivity contribution < 1.29 is 4.79 Å². The molecule has 0 atom stereocenters. The lowest BCUT2D eigenvalue weighted by atomic mass is 10.2. The molecule has 1 aliphatic heterocycles.